The molecule has 0 bridgehead atoms. The predicted octanol–water partition coefficient (Wildman–Crippen LogP) is 2.96. The maximum atomic E-state index is 5.19. The van der Waals surface area contributed by atoms with Crippen LogP contribution in [0.5, 0.6) is 0 Å². The number of piperidine rings is 1. The standard InChI is InChI=1S/C22H36N6OS/c1-16-19(17(2)28(26-16)11-12-29-5)15-25-22(23-3)24-14-18-8-6-10-27(4)21(18)20-9-7-13-30-20/h7,9,13,18,21H,6,8,10-12,14-15H2,1-5H3,(H2,23,24,25). The topological polar surface area (TPSA) is 66.7 Å². The van der Waals surface area contributed by atoms with Crippen LogP contribution in [0.3, 0.4) is 0 Å². The number of thiophene rings is 1. The van der Waals surface area contributed by atoms with E-state index in [0.717, 1.165) is 31.3 Å². The van der Waals surface area contributed by atoms with E-state index in [0.29, 0.717) is 25.1 Å². The molecule has 0 spiro atoms. The SMILES string of the molecule is CN=C(NCc1c(C)nn(CCOC)c1C)NCC1CCCN(C)C1c1cccs1. The van der Waals surface area contributed by atoms with E-state index in [1.165, 1.54) is 29.0 Å². The van der Waals surface area contributed by atoms with Crippen LogP contribution in [0.4, 0.5) is 0 Å². The minimum Gasteiger partial charge on any atom is -0.383 e. The van der Waals surface area contributed by atoms with Crippen molar-refractivity contribution in [2.75, 3.05) is 40.9 Å². The van der Waals surface area contributed by atoms with Crippen LogP contribution in [0.1, 0.15) is 40.7 Å². The Kier molecular flexibility index (Phi) is 8.30. The van der Waals surface area contributed by atoms with Gasteiger partial charge < -0.3 is 15.4 Å². The van der Waals surface area contributed by atoms with Crippen LogP contribution in [0.2, 0.25) is 0 Å². The van der Waals surface area contributed by atoms with Gasteiger partial charge in [-0.25, -0.2) is 0 Å². The molecule has 2 unspecified atom stereocenters. The largest absolute Gasteiger partial charge is 0.383 e. The number of hydrogen-bond acceptors (Lipinski definition) is 5. The van der Waals surface area contributed by atoms with Crippen molar-refractivity contribution in [1.29, 1.82) is 0 Å². The molecule has 1 aliphatic rings. The van der Waals surface area contributed by atoms with Gasteiger partial charge in [-0.1, -0.05) is 6.07 Å². The maximum absolute atomic E-state index is 5.19. The number of nitrogens with one attached hydrogen (secondary N) is 2. The molecule has 1 saturated heterocycles. The molecule has 0 amide bonds. The van der Waals surface area contributed by atoms with E-state index < -0.39 is 0 Å². The van der Waals surface area contributed by atoms with Gasteiger partial charge in [-0.05, 0) is 57.6 Å². The molecule has 1 aliphatic heterocycles. The van der Waals surface area contributed by atoms with Gasteiger partial charge in [0.2, 0.25) is 0 Å². The molecule has 3 heterocycles. The average molecular weight is 433 g/mol. The van der Waals surface area contributed by atoms with Gasteiger partial charge in [0.25, 0.3) is 0 Å². The normalized spacial score (nSPS) is 20.5. The molecule has 2 aromatic rings. The first kappa shape index (κ1) is 22.8. The van der Waals surface area contributed by atoms with Gasteiger partial charge in [0.05, 0.1) is 18.8 Å². The van der Waals surface area contributed by atoms with E-state index in [9.17, 15) is 0 Å². The van der Waals surface area contributed by atoms with Crippen molar-refractivity contribution in [3.8, 4) is 0 Å². The van der Waals surface area contributed by atoms with Gasteiger partial charge in [-0.3, -0.25) is 14.6 Å². The number of likely N-dealkylation sites (tertiary alicyclic amines) is 1. The Morgan fingerprint density at radius 3 is 2.90 bits per heavy atom. The van der Waals surface area contributed by atoms with Crippen molar-refractivity contribution >= 4 is 17.3 Å². The second-order valence-electron chi connectivity index (χ2n) is 8.02. The van der Waals surface area contributed by atoms with Crippen LogP contribution in [-0.2, 0) is 17.8 Å². The van der Waals surface area contributed by atoms with Crippen LogP contribution >= 0.6 is 11.3 Å². The predicted molar refractivity (Wildman–Crippen MR) is 124 cm³/mol. The number of ether oxygens (including phenoxy) is 1. The minimum absolute atomic E-state index is 0.480. The van der Waals surface area contributed by atoms with Gasteiger partial charge >= 0.3 is 0 Å². The van der Waals surface area contributed by atoms with Crippen LogP contribution < -0.4 is 10.6 Å². The molecule has 1 fully saturated rings. The second kappa shape index (κ2) is 10.9. The number of methoxy groups -OCH3 is 1. The smallest absolute Gasteiger partial charge is 0.191 e. The fourth-order valence-corrected chi connectivity index (χ4v) is 5.37. The molecule has 7 nitrogen and oxygen atoms in total. The van der Waals surface area contributed by atoms with E-state index >= 15 is 0 Å². The van der Waals surface area contributed by atoms with Crippen LogP contribution in [-0.4, -0.2) is 61.5 Å². The third-order valence-corrected chi connectivity index (χ3v) is 7.01. The molecular weight excluding hydrogens is 396 g/mol. The van der Waals surface area contributed by atoms with Gasteiger partial charge in [-0.2, -0.15) is 5.10 Å². The highest BCUT2D eigenvalue weighted by atomic mass is 32.1. The van der Waals surface area contributed by atoms with Crippen LogP contribution in [0.25, 0.3) is 0 Å². The fraction of sp³-hybridized carbons (Fsp3) is 0.636. The summed E-state index contributed by atoms with van der Waals surface area (Å²) >= 11 is 1.86. The Bertz CT molecular complexity index is 816. The highest BCUT2D eigenvalue weighted by Gasteiger charge is 2.31. The molecule has 2 atom stereocenters. The lowest BCUT2D eigenvalue weighted by Gasteiger charge is -2.39. The number of guanidine groups is 1. The lowest BCUT2D eigenvalue weighted by Crippen LogP contribution is -2.44. The van der Waals surface area contributed by atoms with Crippen molar-refractivity contribution in [1.82, 2.24) is 25.3 Å². The summed E-state index contributed by atoms with van der Waals surface area (Å²) in [6.07, 6.45) is 2.48. The molecule has 30 heavy (non-hydrogen) atoms. The third-order valence-electron chi connectivity index (χ3n) is 6.07. The van der Waals surface area contributed by atoms with Crippen molar-refractivity contribution in [2.45, 2.75) is 45.8 Å². The number of rotatable bonds is 8. The van der Waals surface area contributed by atoms with E-state index in [2.05, 4.69) is 64.0 Å². The number of aliphatic imine (C=N–C) groups is 1. The zero-order valence-corrected chi connectivity index (χ0v) is 19.8. The Hall–Kier alpha value is -1.90. The third kappa shape index (κ3) is 5.42. The zero-order valence-electron chi connectivity index (χ0n) is 18.9. The molecule has 0 saturated carbocycles. The van der Waals surface area contributed by atoms with Gasteiger partial charge in [0, 0.05) is 49.4 Å². The number of aromatic nitrogens is 2. The summed E-state index contributed by atoms with van der Waals surface area (Å²) in [5.74, 6) is 1.41. The summed E-state index contributed by atoms with van der Waals surface area (Å²) < 4.78 is 7.21. The highest BCUT2D eigenvalue weighted by Crippen LogP contribution is 2.36. The van der Waals surface area contributed by atoms with Gasteiger partial charge in [0.1, 0.15) is 0 Å². The molecule has 166 valence electrons. The fourth-order valence-electron chi connectivity index (χ4n) is 4.39. The summed E-state index contributed by atoms with van der Waals surface area (Å²) in [5, 5.41) is 13.9. The monoisotopic (exact) mass is 432 g/mol. The lowest BCUT2D eigenvalue weighted by molar-refractivity contribution is 0.125. The van der Waals surface area contributed by atoms with E-state index in [4.69, 9.17) is 4.74 Å². The minimum atomic E-state index is 0.480. The summed E-state index contributed by atoms with van der Waals surface area (Å²) in [7, 11) is 5.80. The molecule has 2 N–H and O–H groups in total. The van der Waals surface area contributed by atoms with E-state index in [1.807, 2.05) is 23.1 Å². The summed E-state index contributed by atoms with van der Waals surface area (Å²) in [4.78, 5) is 8.41. The molecule has 2 aromatic heterocycles. The second-order valence-corrected chi connectivity index (χ2v) is 8.99. The Balaban J connectivity index is 1.58. The van der Waals surface area contributed by atoms with Gasteiger partial charge in [-0.15, -0.1) is 11.3 Å². The molecule has 8 heteroatoms. The van der Waals surface area contributed by atoms with Crippen molar-refractivity contribution in [2.24, 2.45) is 10.9 Å². The van der Waals surface area contributed by atoms with Gasteiger partial charge in [0.15, 0.2) is 5.96 Å². The summed E-state index contributed by atoms with van der Waals surface area (Å²) in [6.45, 7) is 8.41. The molecule has 3 rings (SSSR count). The highest BCUT2D eigenvalue weighted by molar-refractivity contribution is 7.10. The Morgan fingerprint density at radius 2 is 2.20 bits per heavy atom. The zero-order chi connectivity index (χ0) is 21.5. The molecule has 0 aromatic carbocycles. The van der Waals surface area contributed by atoms with E-state index in [-0.39, 0.29) is 0 Å². The first-order valence-electron chi connectivity index (χ1n) is 10.7. The first-order chi connectivity index (χ1) is 14.5. The molecular formula is C22H36N6OS. The number of hydrogen-bond donors (Lipinski definition) is 2. The van der Waals surface area contributed by atoms with Crippen LogP contribution in [0.15, 0.2) is 22.5 Å². The first-order valence-corrected chi connectivity index (χ1v) is 11.6. The molecule has 0 radical (unpaired) electrons. The van der Waals surface area contributed by atoms with Crippen LogP contribution in [0, 0.1) is 19.8 Å². The Morgan fingerprint density at radius 1 is 1.37 bits per heavy atom. The van der Waals surface area contributed by atoms with E-state index in [1.54, 1.807) is 7.11 Å². The molecule has 0 aliphatic carbocycles. The van der Waals surface area contributed by atoms with Crippen molar-refractivity contribution < 1.29 is 4.74 Å². The summed E-state index contributed by atoms with van der Waals surface area (Å²) in [5.41, 5.74) is 3.46. The lowest BCUT2D eigenvalue weighted by atomic mass is 9.88. The number of nitrogens with zero attached hydrogens (tertiary/aromatic N) is 4. The Labute approximate surface area is 184 Å². The maximum Gasteiger partial charge on any atom is 0.191 e. The van der Waals surface area contributed by atoms with Crippen molar-refractivity contribution in [3.05, 3.63) is 39.3 Å². The summed E-state index contributed by atoms with van der Waals surface area (Å²) in [6, 6.07) is 4.91. The average Bonchev–Trinajstić information content (AvgIpc) is 3.35. The van der Waals surface area contributed by atoms with Crippen molar-refractivity contribution in [3.63, 3.8) is 0 Å². The number of aryl methyl sites for hydroxylation is 1. The quantitative estimate of drug-likeness (QED) is 0.496.